The molecule has 6 nitrogen and oxygen atoms in total. The van der Waals surface area contributed by atoms with Crippen molar-refractivity contribution in [1.29, 1.82) is 0 Å². The zero-order chi connectivity index (χ0) is 16.4. The lowest BCUT2D eigenvalue weighted by molar-refractivity contribution is 0.0696. The molecule has 118 valence electrons. The fourth-order valence-electron chi connectivity index (χ4n) is 1.48. The van der Waals surface area contributed by atoms with Crippen molar-refractivity contribution < 1.29 is 22.5 Å². The SMILES string of the molecule is Cc1cc(C(=O)O)cc(S(=O)(=O)NCC(C)S(C)=O)c1Br. The Morgan fingerprint density at radius 2 is 2.05 bits per heavy atom. The second-order valence-corrected chi connectivity index (χ2v) is 8.90. The van der Waals surface area contributed by atoms with Crippen molar-refractivity contribution in [2.24, 2.45) is 0 Å². The lowest BCUT2D eigenvalue weighted by Gasteiger charge is -2.13. The zero-order valence-corrected chi connectivity index (χ0v) is 14.9. The third-order valence-electron chi connectivity index (χ3n) is 2.89. The molecular weight excluding hydrogens is 382 g/mol. The summed E-state index contributed by atoms with van der Waals surface area (Å²) in [5.74, 6) is -1.20. The summed E-state index contributed by atoms with van der Waals surface area (Å²) in [6, 6.07) is 2.48. The average molecular weight is 398 g/mol. The predicted molar refractivity (Wildman–Crippen MR) is 84.6 cm³/mol. The van der Waals surface area contributed by atoms with Crippen LogP contribution in [0.5, 0.6) is 0 Å². The van der Waals surface area contributed by atoms with Crippen molar-refractivity contribution in [3.8, 4) is 0 Å². The van der Waals surface area contributed by atoms with Crippen LogP contribution in [0.15, 0.2) is 21.5 Å². The molecule has 0 saturated carbocycles. The molecule has 0 aliphatic carbocycles. The molecule has 0 radical (unpaired) electrons. The molecular formula is C12H16BrNO5S2. The third kappa shape index (κ3) is 4.60. The number of nitrogens with one attached hydrogen (secondary N) is 1. The number of aromatic carboxylic acids is 1. The van der Waals surface area contributed by atoms with E-state index < -0.39 is 26.8 Å². The van der Waals surface area contributed by atoms with Gasteiger partial charge in [0.25, 0.3) is 0 Å². The van der Waals surface area contributed by atoms with Gasteiger partial charge in [-0.1, -0.05) is 0 Å². The summed E-state index contributed by atoms with van der Waals surface area (Å²) in [6.45, 7) is 3.28. The van der Waals surface area contributed by atoms with Crippen LogP contribution >= 0.6 is 15.9 Å². The maximum atomic E-state index is 12.3. The number of benzene rings is 1. The molecule has 1 rings (SSSR count). The first-order valence-corrected chi connectivity index (χ1v) is 9.81. The van der Waals surface area contributed by atoms with Gasteiger partial charge in [0.2, 0.25) is 10.0 Å². The van der Waals surface area contributed by atoms with Gasteiger partial charge in [0.05, 0.1) is 10.5 Å². The maximum Gasteiger partial charge on any atom is 0.335 e. The number of halogens is 1. The monoisotopic (exact) mass is 397 g/mol. The van der Waals surface area contributed by atoms with Gasteiger partial charge in [0, 0.05) is 33.3 Å². The largest absolute Gasteiger partial charge is 0.478 e. The van der Waals surface area contributed by atoms with Crippen molar-refractivity contribution in [3.05, 3.63) is 27.7 Å². The van der Waals surface area contributed by atoms with E-state index in [-0.39, 0.29) is 22.3 Å². The van der Waals surface area contributed by atoms with Crippen LogP contribution in [0.1, 0.15) is 22.8 Å². The van der Waals surface area contributed by atoms with Crippen LogP contribution in [-0.4, -0.2) is 41.8 Å². The second-order valence-electron chi connectivity index (χ2n) is 4.57. The van der Waals surface area contributed by atoms with E-state index in [1.807, 2.05) is 0 Å². The van der Waals surface area contributed by atoms with E-state index in [1.165, 1.54) is 12.3 Å². The Bertz CT molecular complexity index is 687. The lowest BCUT2D eigenvalue weighted by Crippen LogP contribution is -2.33. The van der Waals surface area contributed by atoms with Gasteiger partial charge in [-0.2, -0.15) is 0 Å². The molecule has 0 bridgehead atoms. The summed E-state index contributed by atoms with van der Waals surface area (Å²) in [4.78, 5) is 10.9. The van der Waals surface area contributed by atoms with Crippen LogP contribution in [0.4, 0.5) is 0 Å². The Morgan fingerprint density at radius 1 is 1.48 bits per heavy atom. The van der Waals surface area contributed by atoms with Gasteiger partial charge in [0.15, 0.2) is 0 Å². The van der Waals surface area contributed by atoms with Gasteiger partial charge in [-0.05, 0) is 47.5 Å². The van der Waals surface area contributed by atoms with Gasteiger partial charge in [-0.3, -0.25) is 4.21 Å². The average Bonchev–Trinajstić information content (AvgIpc) is 2.38. The molecule has 0 fully saturated rings. The van der Waals surface area contributed by atoms with Crippen LogP contribution < -0.4 is 4.72 Å². The number of carbonyl (C=O) groups is 1. The number of rotatable bonds is 6. The van der Waals surface area contributed by atoms with Gasteiger partial charge < -0.3 is 5.11 Å². The Labute approximate surface area is 134 Å². The van der Waals surface area contributed by atoms with Crippen LogP contribution in [0, 0.1) is 6.92 Å². The standard InChI is InChI=1S/C12H16BrNO5S2/c1-7-4-9(12(15)16)5-10(11(7)13)21(18,19)14-6-8(2)20(3)17/h4-5,8,14H,6H2,1-3H3,(H,15,16). The molecule has 0 spiro atoms. The quantitative estimate of drug-likeness (QED) is 0.757. The summed E-state index contributed by atoms with van der Waals surface area (Å²) >= 11 is 3.16. The number of hydrogen-bond acceptors (Lipinski definition) is 4. The van der Waals surface area contributed by atoms with Crippen LogP contribution in [0.2, 0.25) is 0 Å². The predicted octanol–water partition coefficient (Wildman–Crippen LogP) is 1.50. The number of aryl methyl sites for hydroxylation is 1. The minimum Gasteiger partial charge on any atom is -0.478 e. The minimum absolute atomic E-state index is 0.00817. The topological polar surface area (TPSA) is 101 Å². The number of hydrogen-bond donors (Lipinski definition) is 2. The fourth-order valence-corrected chi connectivity index (χ4v) is 4.07. The van der Waals surface area contributed by atoms with Crippen molar-refractivity contribution in [2.45, 2.75) is 24.0 Å². The highest BCUT2D eigenvalue weighted by Crippen LogP contribution is 2.27. The Morgan fingerprint density at radius 3 is 2.52 bits per heavy atom. The summed E-state index contributed by atoms with van der Waals surface area (Å²) in [5.41, 5.74) is 0.394. The van der Waals surface area contributed by atoms with E-state index in [9.17, 15) is 17.4 Å². The molecule has 2 N–H and O–H groups in total. The fraction of sp³-hybridized carbons (Fsp3) is 0.417. The third-order valence-corrected chi connectivity index (χ3v) is 6.95. The molecule has 0 saturated heterocycles. The molecule has 21 heavy (non-hydrogen) atoms. The van der Waals surface area contributed by atoms with E-state index in [4.69, 9.17) is 5.11 Å². The molecule has 0 aromatic heterocycles. The summed E-state index contributed by atoms with van der Waals surface area (Å²) < 4.78 is 38.5. The zero-order valence-electron chi connectivity index (χ0n) is 11.7. The summed E-state index contributed by atoms with van der Waals surface area (Å²) in [7, 11) is -5.05. The first-order valence-electron chi connectivity index (χ1n) is 5.91. The van der Waals surface area contributed by atoms with Gasteiger partial charge in [-0.25, -0.2) is 17.9 Å². The van der Waals surface area contributed by atoms with Gasteiger partial charge >= 0.3 is 5.97 Å². The highest BCUT2D eigenvalue weighted by molar-refractivity contribution is 9.10. The second kappa shape index (κ2) is 6.99. The molecule has 2 unspecified atom stereocenters. The van der Waals surface area contributed by atoms with Crippen LogP contribution in [0.25, 0.3) is 0 Å². The smallest absolute Gasteiger partial charge is 0.335 e. The van der Waals surface area contributed by atoms with Crippen molar-refractivity contribution in [1.82, 2.24) is 4.72 Å². The van der Waals surface area contributed by atoms with E-state index in [2.05, 4.69) is 20.7 Å². The van der Waals surface area contributed by atoms with Crippen molar-refractivity contribution in [2.75, 3.05) is 12.8 Å². The molecule has 1 aromatic carbocycles. The van der Waals surface area contributed by atoms with E-state index in [0.29, 0.717) is 10.0 Å². The number of carboxylic acid groups (broad SMARTS) is 1. The first-order chi connectivity index (χ1) is 9.56. The lowest BCUT2D eigenvalue weighted by atomic mass is 10.1. The van der Waals surface area contributed by atoms with Gasteiger partial charge in [-0.15, -0.1) is 0 Å². The molecule has 9 heteroatoms. The first kappa shape index (κ1) is 18.3. The Hall–Kier alpha value is -0.770. The summed E-state index contributed by atoms with van der Waals surface area (Å²) in [6.07, 6.45) is 1.49. The number of sulfonamides is 1. The highest BCUT2D eigenvalue weighted by Gasteiger charge is 2.22. The van der Waals surface area contributed by atoms with E-state index in [1.54, 1.807) is 13.8 Å². The van der Waals surface area contributed by atoms with Crippen LogP contribution in [-0.2, 0) is 20.8 Å². The van der Waals surface area contributed by atoms with Crippen LogP contribution in [0.3, 0.4) is 0 Å². The molecule has 2 atom stereocenters. The van der Waals surface area contributed by atoms with Crippen molar-refractivity contribution in [3.63, 3.8) is 0 Å². The molecule has 0 heterocycles. The molecule has 0 aliphatic rings. The molecule has 1 aromatic rings. The Balaban J connectivity index is 3.19. The highest BCUT2D eigenvalue weighted by atomic mass is 79.9. The van der Waals surface area contributed by atoms with Gasteiger partial charge in [0.1, 0.15) is 0 Å². The minimum atomic E-state index is -3.89. The number of carboxylic acids is 1. The maximum absolute atomic E-state index is 12.3. The van der Waals surface area contributed by atoms with E-state index >= 15 is 0 Å². The molecule has 0 amide bonds. The van der Waals surface area contributed by atoms with E-state index in [0.717, 1.165) is 6.07 Å². The normalized spacial score (nSPS) is 14.7. The van der Waals surface area contributed by atoms with Crippen molar-refractivity contribution >= 4 is 42.7 Å². The molecule has 0 aliphatic heterocycles. The Kier molecular flexibility index (Phi) is 6.09. The summed E-state index contributed by atoms with van der Waals surface area (Å²) in [5, 5.41) is 8.67.